The van der Waals surface area contributed by atoms with E-state index in [1.807, 2.05) is 11.9 Å². The number of unbranched alkanes of at least 4 members (excludes halogenated alkanes) is 2. The Morgan fingerprint density at radius 1 is 1.25 bits per heavy atom. The fourth-order valence-corrected chi connectivity index (χ4v) is 2.55. The van der Waals surface area contributed by atoms with E-state index < -0.39 is 0 Å². The lowest BCUT2D eigenvalue weighted by Gasteiger charge is -2.19. The van der Waals surface area contributed by atoms with Gasteiger partial charge in [0.25, 0.3) is 0 Å². The van der Waals surface area contributed by atoms with Crippen molar-refractivity contribution in [1.82, 2.24) is 4.90 Å². The van der Waals surface area contributed by atoms with E-state index in [1.54, 1.807) is 0 Å². The largest absolute Gasteiger partial charge is 0.346 e. The van der Waals surface area contributed by atoms with Gasteiger partial charge in [-0.25, -0.2) is 0 Å². The fourth-order valence-electron chi connectivity index (χ4n) is 2.36. The zero-order valence-corrected chi connectivity index (χ0v) is 11.1. The maximum atomic E-state index is 11.9. The molecule has 1 aliphatic carbocycles. The minimum Gasteiger partial charge on any atom is -0.346 e. The van der Waals surface area contributed by atoms with E-state index in [-0.39, 0.29) is 0 Å². The molecule has 1 amide bonds. The van der Waals surface area contributed by atoms with Crippen LogP contribution in [0.25, 0.3) is 0 Å². The van der Waals surface area contributed by atoms with Crippen molar-refractivity contribution in [3.63, 3.8) is 0 Å². The molecule has 0 saturated heterocycles. The van der Waals surface area contributed by atoms with Crippen molar-refractivity contribution >= 4 is 17.5 Å². The second kappa shape index (κ2) is 7.94. The van der Waals surface area contributed by atoms with Crippen LogP contribution in [0.3, 0.4) is 0 Å². The summed E-state index contributed by atoms with van der Waals surface area (Å²) in [6, 6.07) is 0. The summed E-state index contributed by atoms with van der Waals surface area (Å²) in [6.07, 6.45) is 9.19. The fraction of sp³-hybridized carbons (Fsp3) is 0.923. The molecule has 0 bridgehead atoms. The summed E-state index contributed by atoms with van der Waals surface area (Å²) < 4.78 is 0. The summed E-state index contributed by atoms with van der Waals surface area (Å²) in [5, 5.41) is 0. The molecule has 0 aliphatic heterocycles. The van der Waals surface area contributed by atoms with Crippen LogP contribution in [-0.4, -0.2) is 30.3 Å². The highest BCUT2D eigenvalue weighted by atomic mass is 35.5. The first kappa shape index (κ1) is 13.8. The zero-order valence-electron chi connectivity index (χ0n) is 10.4. The van der Waals surface area contributed by atoms with Gasteiger partial charge in [-0.2, -0.15) is 0 Å². The van der Waals surface area contributed by atoms with E-state index in [2.05, 4.69) is 0 Å². The molecule has 0 radical (unpaired) electrons. The van der Waals surface area contributed by atoms with Crippen LogP contribution >= 0.6 is 11.6 Å². The first-order valence-electron chi connectivity index (χ1n) is 6.54. The van der Waals surface area contributed by atoms with Crippen LogP contribution in [-0.2, 0) is 4.79 Å². The number of hydrogen-bond donors (Lipinski definition) is 0. The SMILES string of the molecule is CN(CCCCCCl)C(=O)CC1CCCC1. The quantitative estimate of drug-likeness (QED) is 0.497. The van der Waals surface area contributed by atoms with Gasteiger partial charge in [0.05, 0.1) is 0 Å². The van der Waals surface area contributed by atoms with Gasteiger partial charge in [0.15, 0.2) is 0 Å². The van der Waals surface area contributed by atoms with Crippen LogP contribution in [0.1, 0.15) is 51.4 Å². The molecule has 0 N–H and O–H groups in total. The van der Waals surface area contributed by atoms with Crippen molar-refractivity contribution in [2.45, 2.75) is 51.4 Å². The number of halogens is 1. The van der Waals surface area contributed by atoms with Crippen LogP contribution in [0.5, 0.6) is 0 Å². The standard InChI is InChI=1S/C13H24ClNO/c1-15(10-6-2-5-9-14)13(16)11-12-7-3-4-8-12/h12H,2-11H2,1H3. The Labute approximate surface area is 104 Å². The summed E-state index contributed by atoms with van der Waals surface area (Å²) in [5.74, 6) is 1.73. The number of carbonyl (C=O) groups excluding carboxylic acids is 1. The molecule has 3 heteroatoms. The van der Waals surface area contributed by atoms with Gasteiger partial charge in [0.1, 0.15) is 0 Å². The zero-order chi connectivity index (χ0) is 11.8. The van der Waals surface area contributed by atoms with E-state index in [0.717, 1.165) is 38.1 Å². The summed E-state index contributed by atoms with van der Waals surface area (Å²) in [7, 11) is 1.93. The molecule has 1 fully saturated rings. The average Bonchev–Trinajstić information content (AvgIpc) is 2.76. The Morgan fingerprint density at radius 3 is 2.56 bits per heavy atom. The first-order valence-corrected chi connectivity index (χ1v) is 7.07. The van der Waals surface area contributed by atoms with Gasteiger partial charge in [0, 0.05) is 25.9 Å². The molecule has 0 aromatic carbocycles. The lowest BCUT2D eigenvalue weighted by molar-refractivity contribution is -0.130. The normalized spacial score (nSPS) is 16.6. The van der Waals surface area contributed by atoms with Crippen LogP contribution in [0.4, 0.5) is 0 Å². The third-order valence-electron chi connectivity index (χ3n) is 3.49. The number of nitrogens with zero attached hydrogens (tertiary/aromatic N) is 1. The summed E-state index contributed by atoms with van der Waals surface area (Å²) >= 11 is 5.61. The predicted octanol–water partition coefficient (Wildman–Crippen LogP) is 3.43. The molecular weight excluding hydrogens is 222 g/mol. The summed E-state index contributed by atoms with van der Waals surface area (Å²) in [5.41, 5.74) is 0. The minimum atomic E-state index is 0.331. The van der Waals surface area contributed by atoms with Crippen molar-refractivity contribution in [3.05, 3.63) is 0 Å². The van der Waals surface area contributed by atoms with Crippen molar-refractivity contribution in [3.8, 4) is 0 Å². The molecule has 1 aliphatic rings. The van der Waals surface area contributed by atoms with Crippen molar-refractivity contribution in [2.75, 3.05) is 19.5 Å². The molecule has 1 rings (SSSR count). The molecule has 0 atom stereocenters. The third-order valence-corrected chi connectivity index (χ3v) is 3.76. The molecule has 0 spiro atoms. The van der Waals surface area contributed by atoms with Gasteiger partial charge in [-0.3, -0.25) is 4.79 Å². The van der Waals surface area contributed by atoms with Gasteiger partial charge in [-0.1, -0.05) is 19.3 Å². The van der Waals surface area contributed by atoms with E-state index in [1.165, 1.54) is 25.7 Å². The highest BCUT2D eigenvalue weighted by Gasteiger charge is 2.20. The number of carbonyl (C=O) groups is 1. The average molecular weight is 246 g/mol. The third kappa shape index (κ3) is 5.20. The number of amides is 1. The topological polar surface area (TPSA) is 20.3 Å². The van der Waals surface area contributed by atoms with E-state index in [9.17, 15) is 4.79 Å². The van der Waals surface area contributed by atoms with Gasteiger partial charge in [0.2, 0.25) is 5.91 Å². The van der Waals surface area contributed by atoms with Crippen LogP contribution in [0.15, 0.2) is 0 Å². The summed E-state index contributed by atoms with van der Waals surface area (Å²) in [4.78, 5) is 13.8. The highest BCUT2D eigenvalue weighted by molar-refractivity contribution is 6.17. The maximum absolute atomic E-state index is 11.9. The number of alkyl halides is 1. The van der Waals surface area contributed by atoms with Gasteiger partial charge >= 0.3 is 0 Å². The Morgan fingerprint density at radius 2 is 1.94 bits per heavy atom. The van der Waals surface area contributed by atoms with Crippen LogP contribution < -0.4 is 0 Å². The lowest BCUT2D eigenvalue weighted by atomic mass is 10.0. The Bertz CT molecular complexity index is 202. The van der Waals surface area contributed by atoms with Gasteiger partial charge < -0.3 is 4.90 Å². The minimum absolute atomic E-state index is 0.331. The summed E-state index contributed by atoms with van der Waals surface area (Å²) in [6.45, 7) is 0.891. The molecule has 2 nitrogen and oxygen atoms in total. The molecule has 16 heavy (non-hydrogen) atoms. The lowest BCUT2D eigenvalue weighted by Crippen LogP contribution is -2.29. The van der Waals surface area contributed by atoms with Crippen molar-refractivity contribution in [2.24, 2.45) is 5.92 Å². The smallest absolute Gasteiger partial charge is 0.222 e. The van der Waals surface area contributed by atoms with Crippen LogP contribution in [0.2, 0.25) is 0 Å². The van der Waals surface area contributed by atoms with E-state index in [4.69, 9.17) is 11.6 Å². The monoisotopic (exact) mass is 245 g/mol. The Hall–Kier alpha value is -0.240. The number of rotatable bonds is 7. The molecule has 94 valence electrons. The molecule has 0 heterocycles. The van der Waals surface area contributed by atoms with E-state index in [0.29, 0.717) is 11.8 Å². The first-order chi connectivity index (χ1) is 7.74. The molecule has 0 aromatic rings. The molecule has 0 unspecified atom stereocenters. The molecular formula is C13H24ClNO. The molecule has 1 saturated carbocycles. The van der Waals surface area contributed by atoms with E-state index >= 15 is 0 Å². The van der Waals surface area contributed by atoms with Crippen molar-refractivity contribution < 1.29 is 4.79 Å². The van der Waals surface area contributed by atoms with Crippen molar-refractivity contribution in [1.29, 1.82) is 0 Å². The van der Waals surface area contributed by atoms with Gasteiger partial charge in [-0.15, -0.1) is 11.6 Å². The second-order valence-electron chi connectivity index (χ2n) is 4.92. The van der Waals surface area contributed by atoms with Gasteiger partial charge in [-0.05, 0) is 31.6 Å². The Balaban J connectivity index is 2.09. The number of hydrogen-bond acceptors (Lipinski definition) is 1. The van der Waals surface area contributed by atoms with Crippen LogP contribution in [0, 0.1) is 5.92 Å². The molecule has 0 aromatic heterocycles. The highest BCUT2D eigenvalue weighted by Crippen LogP contribution is 2.27. The Kier molecular flexibility index (Phi) is 6.86. The second-order valence-corrected chi connectivity index (χ2v) is 5.30. The predicted molar refractivity (Wildman–Crippen MR) is 68.8 cm³/mol. The maximum Gasteiger partial charge on any atom is 0.222 e.